The molecule has 92 valence electrons. The van der Waals surface area contributed by atoms with Crippen LogP contribution in [-0.4, -0.2) is 17.6 Å². The number of thiazole rings is 1. The molecule has 1 amide bonds. The number of amides is 1. The highest BCUT2D eigenvalue weighted by atomic mass is 32.1. The lowest BCUT2D eigenvalue weighted by molar-refractivity contribution is -0.110. The summed E-state index contributed by atoms with van der Waals surface area (Å²) in [6.45, 7) is -0.358. The Morgan fingerprint density at radius 1 is 1.44 bits per heavy atom. The average Bonchev–Trinajstić information content (AvgIpc) is 2.93. The van der Waals surface area contributed by atoms with Gasteiger partial charge in [0.05, 0.1) is 28.1 Å². The molecule has 2 heterocycles. The number of unbranched alkanes of at least 4 members (excludes halogenated alkanes) is 1. The van der Waals surface area contributed by atoms with Crippen molar-refractivity contribution < 1.29 is 9.18 Å². The zero-order valence-corrected chi connectivity index (χ0v) is 10.4. The molecule has 5 heteroatoms. The van der Waals surface area contributed by atoms with Crippen LogP contribution in [0.15, 0.2) is 23.7 Å². The van der Waals surface area contributed by atoms with Crippen LogP contribution in [0.25, 0.3) is 15.8 Å². The van der Waals surface area contributed by atoms with Gasteiger partial charge >= 0.3 is 0 Å². The van der Waals surface area contributed by atoms with E-state index in [1.54, 1.807) is 5.51 Å². The summed E-state index contributed by atoms with van der Waals surface area (Å²) < 4.78 is 13.1. The lowest BCUT2D eigenvalue weighted by Gasteiger charge is -1.99. The molecule has 0 atom stereocenters. The number of hydrogen-bond donors (Lipinski definition) is 1. The Kier molecular flexibility index (Phi) is 2.83. The minimum Gasteiger partial charge on any atom is -0.321 e. The third kappa shape index (κ3) is 1.71. The van der Waals surface area contributed by atoms with Crippen LogP contribution in [0.5, 0.6) is 0 Å². The summed E-state index contributed by atoms with van der Waals surface area (Å²) in [5.41, 5.74) is 5.05. The molecule has 3 rings (SSSR count). The summed E-state index contributed by atoms with van der Waals surface area (Å²) >= 11 is 1.52. The summed E-state index contributed by atoms with van der Waals surface area (Å²) in [4.78, 5) is 16.1. The lowest BCUT2D eigenvalue weighted by Crippen LogP contribution is -2.03. The molecule has 1 aromatic carbocycles. The topological polar surface area (TPSA) is 42.0 Å². The van der Waals surface area contributed by atoms with Crippen LogP contribution in [0.1, 0.15) is 18.4 Å². The van der Waals surface area contributed by atoms with Crippen LogP contribution >= 0.6 is 11.3 Å². The molecule has 1 aliphatic rings. The Hall–Kier alpha value is -1.75. The number of carbonyl (C=O) groups is 1. The Morgan fingerprint density at radius 3 is 3.17 bits per heavy atom. The molecule has 1 aromatic heterocycles. The van der Waals surface area contributed by atoms with Gasteiger partial charge in [0.15, 0.2) is 0 Å². The predicted molar refractivity (Wildman–Crippen MR) is 71.4 cm³/mol. The normalized spacial score (nSPS) is 16.3. The molecule has 3 nitrogen and oxygen atoms in total. The van der Waals surface area contributed by atoms with E-state index in [0.29, 0.717) is 18.4 Å². The maximum atomic E-state index is 12.1. The molecular formula is C13H11FN2OS. The zero-order chi connectivity index (χ0) is 12.5. The van der Waals surface area contributed by atoms with Crippen LogP contribution in [0.3, 0.4) is 0 Å². The number of aromatic nitrogens is 1. The van der Waals surface area contributed by atoms with Crippen molar-refractivity contribution in [3.63, 3.8) is 0 Å². The fourth-order valence-electron chi connectivity index (χ4n) is 2.12. The summed E-state index contributed by atoms with van der Waals surface area (Å²) in [6.07, 6.45) is 2.85. The monoisotopic (exact) mass is 262 g/mol. The van der Waals surface area contributed by atoms with Gasteiger partial charge in [0, 0.05) is 11.1 Å². The van der Waals surface area contributed by atoms with Crippen LogP contribution in [-0.2, 0) is 4.79 Å². The van der Waals surface area contributed by atoms with Gasteiger partial charge in [0.2, 0.25) is 0 Å². The largest absolute Gasteiger partial charge is 0.321 e. The molecule has 2 aromatic rings. The number of nitrogens with zero attached hydrogens (tertiary/aromatic N) is 1. The van der Waals surface area contributed by atoms with Crippen LogP contribution in [0, 0.1) is 0 Å². The first-order valence-electron chi connectivity index (χ1n) is 5.75. The smallest absolute Gasteiger partial charge is 0.256 e. The van der Waals surface area contributed by atoms with Gasteiger partial charge in [-0.25, -0.2) is 4.98 Å². The predicted octanol–water partition coefficient (Wildman–Crippen LogP) is 3.38. The van der Waals surface area contributed by atoms with Crippen molar-refractivity contribution in [3.8, 4) is 0 Å². The van der Waals surface area contributed by atoms with E-state index in [-0.39, 0.29) is 12.6 Å². The van der Waals surface area contributed by atoms with Gasteiger partial charge in [0.25, 0.3) is 5.91 Å². The Bertz CT molecular complexity index is 647. The second kappa shape index (κ2) is 4.49. The Balaban J connectivity index is 2.12. The standard InChI is InChI=1S/C13H11FN2OS/c14-6-2-1-3-8-11-9(16-13(8)17)4-5-10-12(11)18-7-15-10/h3-5,7H,1-2,6H2,(H,16,17). The molecule has 0 saturated carbocycles. The van der Waals surface area contributed by atoms with Crippen molar-refractivity contribution in [1.82, 2.24) is 4.98 Å². The molecule has 0 bridgehead atoms. The first-order valence-corrected chi connectivity index (χ1v) is 6.63. The van der Waals surface area contributed by atoms with Crippen molar-refractivity contribution in [1.29, 1.82) is 0 Å². The number of nitrogens with one attached hydrogen (secondary N) is 1. The fourth-order valence-corrected chi connectivity index (χ4v) is 2.97. The number of fused-ring (bicyclic) bond motifs is 3. The van der Waals surface area contributed by atoms with Gasteiger partial charge in [-0.15, -0.1) is 11.3 Å². The quantitative estimate of drug-likeness (QED) is 0.680. The molecule has 0 aliphatic carbocycles. The number of allylic oxidation sites excluding steroid dienone is 1. The molecule has 1 aliphatic heterocycles. The summed E-state index contributed by atoms with van der Waals surface area (Å²) in [5, 5.41) is 2.83. The van der Waals surface area contributed by atoms with Crippen molar-refractivity contribution in [2.24, 2.45) is 0 Å². The van der Waals surface area contributed by atoms with Crippen molar-refractivity contribution in [3.05, 3.63) is 29.3 Å². The van der Waals surface area contributed by atoms with E-state index in [1.165, 1.54) is 11.3 Å². The third-order valence-corrected chi connectivity index (χ3v) is 3.81. The van der Waals surface area contributed by atoms with E-state index in [0.717, 1.165) is 21.5 Å². The average molecular weight is 262 g/mol. The minimum atomic E-state index is -0.358. The second-order valence-corrected chi connectivity index (χ2v) is 4.95. The molecule has 0 saturated heterocycles. The first-order chi connectivity index (χ1) is 8.81. The van der Waals surface area contributed by atoms with Gasteiger partial charge in [0.1, 0.15) is 0 Å². The summed E-state index contributed by atoms with van der Waals surface area (Å²) in [6, 6.07) is 3.76. The van der Waals surface area contributed by atoms with E-state index in [2.05, 4.69) is 10.3 Å². The fraction of sp³-hybridized carbons (Fsp3) is 0.231. The molecule has 0 unspecified atom stereocenters. The number of anilines is 1. The highest BCUT2D eigenvalue weighted by Crippen LogP contribution is 2.39. The molecule has 18 heavy (non-hydrogen) atoms. The zero-order valence-electron chi connectivity index (χ0n) is 9.57. The first kappa shape index (κ1) is 11.3. The Morgan fingerprint density at radius 2 is 2.33 bits per heavy atom. The van der Waals surface area contributed by atoms with Crippen molar-refractivity contribution in [2.75, 3.05) is 12.0 Å². The number of carbonyl (C=O) groups excluding carboxylic acids is 1. The SMILES string of the molecule is O=C1Nc2ccc3ncsc3c2C1=CCCCF. The van der Waals surface area contributed by atoms with Crippen molar-refractivity contribution in [2.45, 2.75) is 12.8 Å². The van der Waals surface area contributed by atoms with E-state index in [4.69, 9.17) is 0 Å². The molecule has 0 spiro atoms. The maximum Gasteiger partial charge on any atom is 0.256 e. The van der Waals surface area contributed by atoms with Crippen LogP contribution in [0.4, 0.5) is 10.1 Å². The van der Waals surface area contributed by atoms with Gasteiger partial charge in [-0.3, -0.25) is 9.18 Å². The van der Waals surface area contributed by atoms with Crippen LogP contribution in [0.2, 0.25) is 0 Å². The van der Waals surface area contributed by atoms with E-state index < -0.39 is 0 Å². The molecule has 0 radical (unpaired) electrons. The van der Waals surface area contributed by atoms with Gasteiger partial charge in [-0.05, 0) is 25.0 Å². The minimum absolute atomic E-state index is 0.107. The van der Waals surface area contributed by atoms with Gasteiger partial charge in [-0.1, -0.05) is 6.08 Å². The number of alkyl halides is 1. The van der Waals surface area contributed by atoms with Crippen molar-refractivity contribution >= 4 is 38.7 Å². The van der Waals surface area contributed by atoms with E-state index in [1.807, 2.05) is 18.2 Å². The second-order valence-electron chi connectivity index (χ2n) is 4.09. The number of halogens is 1. The lowest BCUT2D eigenvalue weighted by atomic mass is 10.1. The molecule has 1 N–H and O–H groups in total. The summed E-state index contributed by atoms with van der Waals surface area (Å²) in [7, 11) is 0. The number of hydrogen-bond acceptors (Lipinski definition) is 3. The highest BCUT2D eigenvalue weighted by Gasteiger charge is 2.26. The third-order valence-electron chi connectivity index (χ3n) is 2.95. The number of rotatable bonds is 3. The van der Waals surface area contributed by atoms with E-state index in [9.17, 15) is 9.18 Å². The number of benzene rings is 1. The molecular weight excluding hydrogens is 251 g/mol. The van der Waals surface area contributed by atoms with Gasteiger partial charge < -0.3 is 5.32 Å². The summed E-state index contributed by atoms with van der Waals surface area (Å²) in [5.74, 6) is -0.107. The highest BCUT2D eigenvalue weighted by molar-refractivity contribution is 7.17. The van der Waals surface area contributed by atoms with E-state index >= 15 is 0 Å². The van der Waals surface area contributed by atoms with Crippen LogP contribution < -0.4 is 5.32 Å². The maximum absolute atomic E-state index is 12.1. The molecule has 0 fully saturated rings. The Labute approximate surface area is 107 Å². The van der Waals surface area contributed by atoms with Gasteiger partial charge in [-0.2, -0.15) is 0 Å².